The van der Waals surface area contributed by atoms with Crippen molar-refractivity contribution in [3.05, 3.63) is 0 Å². The Morgan fingerprint density at radius 2 is 1.94 bits per heavy atom. The maximum atomic E-state index is 11.6. The molecule has 0 N–H and O–H groups in total. The van der Waals surface area contributed by atoms with Crippen molar-refractivity contribution in [2.24, 2.45) is 0 Å². The molecule has 5 nitrogen and oxygen atoms in total. The van der Waals surface area contributed by atoms with Crippen molar-refractivity contribution in [1.82, 2.24) is 0 Å². The second-order valence-corrected chi connectivity index (χ2v) is 4.11. The van der Waals surface area contributed by atoms with Crippen molar-refractivity contribution in [3.8, 4) is 0 Å². The van der Waals surface area contributed by atoms with E-state index in [0.717, 1.165) is 0 Å². The normalized spacial score (nSPS) is 16.3. The monoisotopic (exact) mass is 246 g/mol. The Morgan fingerprint density at radius 1 is 1.35 bits per heavy atom. The van der Waals surface area contributed by atoms with Gasteiger partial charge >= 0.3 is 0 Å². The van der Waals surface area contributed by atoms with Crippen molar-refractivity contribution in [2.45, 2.75) is 45.8 Å². The van der Waals surface area contributed by atoms with E-state index < -0.39 is 11.7 Å². The molecule has 0 aromatic carbocycles. The minimum atomic E-state index is -0.892. The number of Topliss-reactive ketones (excluding diaryl/α,β-unsaturated/α-hetero) is 2. The van der Waals surface area contributed by atoms with Gasteiger partial charge in [-0.15, -0.1) is 0 Å². The predicted octanol–water partition coefficient (Wildman–Crippen LogP) is 1.34. The lowest BCUT2D eigenvalue weighted by atomic mass is 9.98. The zero-order valence-electron chi connectivity index (χ0n) is 11.2. The third kappa shape index (κ3) is 5.39. The minimum absolute atomic E-state index is 0.0602. The van der Waals surface area contributed by atoms with Crippen molar-refractivity contribution >= 4 is 11.6 Å². The van der Waals surface area contributed by atoms with Crippen LogP contribution in [-0.2, 0) is 23.8 Å². The molecule has 0 bridgehead atoms. The summed E-state index contributed by atoms with van der Waals surface area (Å²) >= 11 is 0. The van der Waals surface area contributed by atoms with Crippen LogP contribution in [0.5, 0.6) is 0 Å². The molecule has 2 unspecified atom stereocenters. The molecule has 0 saturated carbocycles. The number of ether oxygens (including phenoxy) is 3. The summed E-state index contributed by atoms with van der Waals surface area (Å²) in [6.45, 7) is 6.54. The van der Waals surface area contributed by atoms with Crippen molar-refractivity contribution < 1.29 is 23.8 Å². The van der Waals surface area contributed by atoms with E-state index in [4.69, 9.17) is 14.2 Å². The molecule has 0 aliphatic rings. The van der Waals surface area contributed by atoms with Gasteiger partial charge in [-0.3, -0.25) is 9.59 Å². The van der Waals surface area contributed by atoms with Crippen LogP contribution in [0.2, 0.25) is 0 Å². The Hall–Kier alpha value is -0.780. The van der Waals surface area contributed by atoms with Crippen LogP contribution in [0.15, 0.2) is 0 Å². The SMILES string of the molecule is CCC(C)(OCC(=O)C(C)OCOC)C(C)=O. The van der Waals surface area contributed by atoms with Crippen molar-refractivity contribution in [2.75, 3.05) is 20.5 Å². The summed E-state index contributed by atoms with van der Waals surface area (Å²) in [7, 11) is 1.48. The van der Waals surface area contributed by atoms with Crippen LogP contribution < -0.4 is 0 Å². The number of carbonyl (C=O) groups excluding carboxylic acids is 2. The average Bonchev–Trinajstić information content (AvgIpc) is 2.31. The van der Waals surface area contributed by atoms with E-state index in [2.05, 4.69) is 0 Å². The van der Waals surface area contributed by atoms with Crippen LogP contribution in [-0.4, -0.2) is 43.8 Å². The van der Waals surface area contributed by atoms with Gasteiger partial charge in [0.25, 0.3) is 0 Å². The topological polar surface area (TPSA) is 61.8 Å². The summed E-state index contributed by atoms with van der Waals surface area (Å²) in [4.78, 5) is 23.0. The molecule has 0 aliphatic heterocycles. The molecule has 0 rings (SSSR count). The summed E-state index contributed by atoms with van der Waals surface area (Å²) in [5.74, 6) is -0.291. The van der Waals surface area contributed by atoms with Gasteiger partial charge in [0, 0.05) is 7.11 Å². The maximum absolute atomic E-state index is 11.6. The molecule has 0 heterocycles. The smallest absolute Gasteiger partial charge is 0.186 e. The molecule has 0 radical (unpaired) electrons. The first-order valence-corrected chi connectivity index (χ1v) is 5.65. The number of hydrogen-bond donors (Lipinski definition) is 0. The fourth-order valence-corrected chi connectivity index (χ4v) is 1.06. The van der Waals surface area contributed by atoms with Crippen LogP contribution in [0.1, 0.15) is 34.1 Å². The lowest BCUT2D eigenvalue weighted by Gasteiger charge is -2.25. The first-order chi connectivity index (χ1) is 7.87. The third-order valence-electron chi connectivity index (χ3n) is 2.84. The lowest BCUT2D eigenvalue weighted by Crippen LogP contribution is -2.39. The van der Waals surface area contributed by atoms with Gasteiger partial charge in [-0.2, -0.15) is 0 Å². The Labute approximate surface area is 102 Å². The highest BCUT2D eigenvalue weighted by Gasteiger charge is 2.30. The number of carbonyl (C=O) groups is 2. The van der Waals surface area contributed by atoms with E-state index in [1.54, 1.807) is 13.8 Å². The summed E-state index contributed by atoms with van der Waals surface area (Å²) in [6.07, 6.45) is -0.0638. The molecule has 2 atom stereocenters. The molecule has 100 valence electrons. The van der Waals surface area contributed by atoms with E-state index >= 15 is 0 Å². The molecule has 0 amide bonds. The fourth-order valence-electron chi connectivity index (χ4n) is 1.06. The van der Waals surface area contributed by atoms with Crippen LogP contribution in [0, 0.1) is 0 Å². The minimum Gasteiger partial charge on any atom is -0.360 e. The Balaban J connectivity index is 4.18. The van der Waals surface area contributed by atoms with Crippen LogP contribution in [0.25, 0.3) is 0 Å². The zero-order chi connectivity index (χ0) is 13.5. The van der Waals surface area contributed by atoms with Gasteiger partial charge < -0.3 is 14.2 Å². The molecule has 0 fully saturated rings. The molecule has 0 spiro atoms. The van der Waals surface area contributed by atoms with Gasteiger partial charge in [0.05, 0.1) is 0 Å². The zero-order valence-corrected chi connectivity index (χ0v) is 11.2. The highest BCUT2D eigenvalue weighted by molar-refractivity contribution is 5.86. The fraction of sp³-hybridized carbons (Fsp3) is 0.833. The quantitative estimate of drug-likeness (QED) is 0.574. The van der Waals surface area contributed by atoms with Gasteiger partial charge in [-0.25, -0.2) is 0 Å². The van der Waals surface area contributed by atoms with E-state index in [1.807, 2.05) is 6.92 Å². The predicted molar refractivity (Wildman–Crippen MR) is 62.8 cm³/mol. The molecule has 17 heavy (non-hydrogen) atoms. The molecule has 5 heteroatoms. The van der Waals surface area contributed by atoms with E-state index in [9.17, 15) is 9.59 Å². The summed E-state index contributed by atoms with van der Waals surface area (Å²) in [5.41, 5.74) is -0.892. The molecule has 0 aromatic heterocycles. The third-order valence-corrected chi connectivity index (χ3v) is 2.84. The number of ketones is 2. The Morgan fingerprint density at radius 3 is 2.35 bits per heavy atom. The second kappa shape index (κ2) is 7.53. The van der Waals surface area contributed by atoms with Gasteiger partial charge in [0.15, 0.2) is 11.6 Å². The van der Waals surface area contributed by atoms with Crippen LogP contribution >= 0.6 is 0 Å². The Bertz CT molecular complexity index is 264. The van der Waals surface area contributed by atoms with Gasteiger partial charge in [0.1, 0.15) is 25.1 Å². The van der Waals surface area contributed by atoms with E-state index in [1.165, 1.54) is 14.0 Å². The number of methoxy groups -OCH3 is 1. The standard InChI is InChI=1S/C12H22O5/c1-6-12(4,10(3)13)17-7-11(14)9(2)16-8-15-5/h9H,6-8H2,1-5H3. The van der Waals surface area contributed by atoms with Gasteiger partial charge in [-0.05, 0) is 27.2 Å². The van der Waals surface area contributed by atoms with Crippen molar-refractivity contribution in [3.63, 3.8) is 0 Å². The average molecular weight is 246 g/mol. The highest BCUT2D eigenvalue weighted by atomic mass is 16.7. The van der Waals surface area contributed by atoms with E-state index in [0.29, 0.717) is 6.42 Å². The molecule has 0 saturated heterocycles. The molecular formula is C12H22O5. The first-order valence-electron chi connectivity index (χ1n) is 5.65. The second-order valence-electron chi connectivity index (χ2n) is 4.11. The Kier molecular flexibility index (Phi) is 7.18. The number of hydrogen-bond acceptors (Lipinski definition) is 5. The summed E-state index contributed by atoms with van der Waals surface area (Å²) in [6, 6.07) is 0. The first kappa shape index (κ1) is 16.2. The highest BCUT2D eigenvalue weighted by Crippen LogP contribution is 2.16. The lowest BCUT2D eigenvalue weighted by molar-refractivity contribution is -0.154. The maximum Gasteiger partial charge on any atom is 0.186 e. The van der Waals surface area contributed by atoms with Gasteiger partial charge in [-0.1, -0.05) is 6.92 Å². The van der Waals surface area contributed by atoms with Gasteiger partial charge in [0.2, 0.25) is 0 Å². The molecule has 0 aromatic rings. The summed E-state index contributed by atoms with van der Waals surface area (Å²) < 4.78 is 15.2. The van der Waals surface area contributed by atoms with Crippen molar-refractivity contribution in [1.29, 1.82) is 0 Å². The molecule has 0 aliphatic carbocycles. The summed E-state index contributed by atoms with van der Waals surface area (Å²) in [5, 5.41) is 0. The largest absolute Gasteiger partial charge is 0.360 e. The van der Waals surface area contributed by atoms with Crippen LogP contribution in [0.4, 0.5) is 0 Å². The van der Waals surface area contributed by atoms with E-state index in [-0.39, 0.29) is 25.0 Å². The van der Waals surface area contributed by atoms with Crippen LogP contribution in [0.3, 0.4) is 0 Å². The molecular weight excluding hydrogens is 224 g/mol. The number of rotatable bonds is 9.